The number of benzene rings is 2. The van der Waals surface area contributed by atoms with Crippen LogP contribution in [0.2, 0.25) is 0 Å². The van der Waals surface area contributed by atoms with Gasteiger partial charge in [0.1, 0.15) is 6.54 Å². The van der Waals surface area contributed by atoms with E-state index in [9.17, 15) is 14.4 Å². The Morgan fingerprint density at radius 1 is 0.909 bits per heavy atom. The van der Waals surface area contributed by atoms with Crippen molar-refractivity contribution in [1.82, 2.24) is 25.8 Å². The summed E-state index contributed by atoms with van der Waals surface area (Å²) in [6.45, 7) is 4.68. The van der Waals surface area contributed by atoms with Gasteiger partial charge in [0.2, 0.25) is 5.91 Å². The molecule has 10 heteroatoms. The summed E-state index contributed by atoms with van der Waals surface area (Å²) < 4.78 is 0. The van der Waals surface area contributed by atoms with Gasteiger partial charge in [0.15, 0.2) is 5.54 Å². The van der Waals surface area contributed by atoms with Gasteiger partial charge < -0.3 is 16.0 Å². The van der Waals surface area contributed by atoms with Gasteiger partial charge in [-0.15, -0.1) is 24.8 Å². The van der Waals surface area contributed by atoms with Crippen LogP contribution in [0.1, 0.15) is 11.1 Å². The zero-order valence-electron chi connectivity index (χ0n) is 18.2. The second-order valence-electron chi connectivity index (χ2n) is 7.75. The van der Waals surface area contributed by atoms with Crippen molar-refractivity contribution < 1.29 is 14.4 Å². The minimum absolute atomic E-state index is 0. The van der Waals surface area contributed by atoms with Crippen molar-refractivity contribution in [3.05, 3.63) is 71.8 Å². The van der Waals surface area contributed by atoms with Crippen LogP contribution in [0.4, 0.5) is 4.79 Å². The molecule has 3 N–H and O–H groups in total. The minimum Gasteiger partial charge on any atom is -0.353 e. The summed E-state index contributed by atoms with van der Waals surface area (Å²) in [5.74, 6) is -0.803. The molecule has 4 amide bonds. The van der Waals surface area contributed by atoms with Gasteiger partial charge in [0.25, 0.3) is 5.91 Å². The van der Waals surface area contributed by atoms with Gasteiger partial charge in [-0.05, 0) is 11.1 Å². The van der Waals surface area contributed by atoms with E-state index in [1.165, 1.54) is 0 Å². The predicted molar refractivity (Wildman–Crippen MR) is 131 cm³/mol. The molecular weight excluding hydrogens is 465 g/mol. The molecule has 0 bridgehead atoms. The number of carbonyl (C=O) groups excluding carboxylic acids is 3. The number of rotatable bonds is 7. The Bertz CT molecular complexity index is 900. The van der Waals surface area contributed by atoms with E-state index in [0.717, 1.165) is 37.6 Å². The van der Waals surface area contributed by atoms with E-state index in [2.05, 4.69) is 20.9 Å². The average molecular weight is 494 g/mol. The second-order valence-corrected chi connectivity index (χ2v) is 7.75. The van der Waals surface area contributed by atoms with Gasteiger partial charge in [0.05, 0.1) is 0 Å². The highest BCUT2D eigenvalue weighted by molar-refractivity contribution is 6.11. The van der Waals surface area contributed by atoms with Crippen molar-refractivity contribution in [3.63, 3.8) is 0 Å². The third kappa shape index (κ3) is 5.65. The largest absolute Gasteiger partial charge is 0.353 e. The summed E-state index contributed by atoms with van der Waals surface area (Å²) in [5.41, 5.74) is -0.0388. The summed E-state index contributed by atoms with van der Waals surface area (Å²) in [4.78, 5) is 42.1. The predicted octanol–water partition coefficient (Wildman–Crippen LogP) is 1.35. The number of halogens is 2. The first-order chi connectivity index (χ1) is 15.1. The summed E-state index contributed by atoms with van der Waals surface area (Å²) in [5, 5.41) is 8.97. The number of piperazine rings is 1. The Morgan fingerprint density at radius 2 is 1.45 bits per heavy atom. The quantitative estimate of drug-likeness (QED) is 0.506. The van der Waals surface area contributed by atoms with Gasteiger partial charge in [0, 0.05) is 39.3 Å². The summed E-state index contributed by atoms with van der Waals surface area (Å²) in [7, 11) is 0. The van der Waals surface area contributed by atoms with Crippen LogP contribution in [0.15, 0.2) is 60.7 Å². The van der Waals surface area contributed by atoms with Crippen molar-refractivity contribution in [3.8, 4) is 0 Å². The van der Waals surface area contributed by atoms with Crippen LogP contribution in [0.3, 0.4) is 0 Å². The molecule has 0 radical (unpaired) electrons. The van der Waals surface area contributed by atoms with Crippen molar-refractivity contribution >= 4 is 42.7 Å². The van der Waals surface area contributed by atoms with Crippen LogP contribution < -0.4 is 16.0 Å². The molecule has 4 rings (SSSR count). The molecule has 0 spiro atoms. The molecule has 0 atom stereocenters. The normalized spacial score (nSPS) is 17.5. The minimum atomic E-state index is -1.35. The maximum atomic E-state index is 13.5. The lowest BCUT2D eigenvalue weighted by Crippen LogP contribution is -2.48. The molecule has 178 valence electrons. The van der Waals surface area contributed by atoms with Crippen LogP contribution >= 0.6 is 24.8 Å². The molecule has 0 aliphatic carbocycles. The van der Waals surface area contributed by atoms with E-state index < -0.39 is 17.5 Å². The molecule has 8 nitrogen and oxygen atoms in total. The lowest BCUT2D eigenvalue weighted by Gasteiger charge is -2.28. The summed E-state index contributed by atoms with van der Waals surface area (Å²) >= 11 is 0. The Morgan fingerprint density at radius 3 is 2.00 bits per heavy atom. The zero-order valence-corrected chi connectivity index (χ0v) is 19.8. The fourth-order valence-corrected chi connectivity index (χ4v) is 4.14. The van der Waals surface area contributed by atoms with Crippen LogP contribution in [0, 0.1) is 0 Å². The lowest BCUT2D eigenvalue weighted by atomic mass is 9.82. The monoisotopic (exact) mass is 493 g/mol. The molecule has 2 aliphatic rings. The van der Waals surface area contributed by atoms with Crippen molar-refractivity contribution in [2.75, 3.05) is 45.8 Å². The molecule has 0 unspecified atom stereocenters. The molecule has 2 heterocycles. The standard InChI is InChI=1S/C23H27N5O3.2ClH/c29-20(25-13-16-27-14-11-24-12-15-27)17-28-21(30)23(26-22(28)31,18-7-3-1-4-8-18)19-9-5-2-6-10-19;;/h1-10,24H,11-17H2,(H,25,29)(H,26,31);2*1H. The third-order valence-electron chi connectivity index (χ3n) is 5.78. The van der Waals surface area contributed by atoms with Gasteiger partial charge in [-0.3, -0.25) is 19.4 Å². The average Bonchev–Trinajstić information content (AvgIpc) is 3.06. The van der Waals surface area contributed by atoms with Crippen molar-refractivity contribution in [1.29, 1.82) is 0 Å². The Hall–Kier alpha value is -2.65. The van der Waals surface area contributed by atoms with Crippen LogP contribution in [0.25, 0.3) is 0 Å². The van der Waals surface area contributed by atoms with Gasteiger partial charge in [-0.25, -0.2) is 4.79 Å². The van der Waals surface area contributed by atoms with E-state index in [0.29, 0.717) is 17.7 Å². The Labute approximate surface area is 205 Å². The van der Waals surface area contributed by atoms with Gasteiger partial charge in [-0.1, -0.05) is 60.7 Å². The SMILES string of the molecule is Cl.Cl.O=C(CN1C(=O)NC(c2ccccc2)(c2ccccc2)C1=O)NCCN1CCNCC1. The highest BCUT2D eigenvalue weighted by Gasteiger charge is 2.53. The molecule has 2 aromatic rings. The first-order valence-electron chi connectivity index (χ1n) is 10.6. The third-order valence-corrected chi connectivity index (χ3v) is 5.78. The van der Waals surface area contributed by atoms with E-state index in [4.69, 9.17) is 0 Å². The molecule has 2 aliphatic heterocycles. The Balaban J connectivity index is 0.00000193. The fraction of sp³-hybridized carbons (Fsp3) is 0.348. The number of nitrogens with one attached hydrogen (secondary N) is 3. The van der Waals surface area contributed by atoms with E-state index >= 15 is 0 Å². The number of hydrogen-bond acceptors (Lipinski definition) is 5. The molecule has 2 fully saturated rings. The number of nitrogens with zero attached hydrogens (tertiary/aromatic N) is 2. The lowest BCUT2D eigenvalue weighted by molar-refractivity contribution is -0.134. The van der Waals surface area contributed by atoms with Crippen LogP contribution in [-0.2, 0) is 15.1 Å². The molecule has 33 heavy (non-hydrogen) atoms. The summed E-state index contributed by atoms with van der Waals surface area (Å²) in [6.07, 6.45) is 0. The molecule has 2 saturated heterocycles. The van der Waals surface area contributed by atoms with Crippen molar-refractivity contribution in [2.24, 2.45) is 0 Å². The fourth-order valence-electron chi connectivity index (χ4n) is 4.14. The highest BCUT2D eigenvalue weighted by Crippen LogP contribution is 2.35. The smallest absolute Gasteiger partial charge is 0.326 e. The van der Waals surface area contributed by atoms with Gasteiger partial charge >= 0.3 is 6.03 Å². The first kappa shape index (κ1) is 26.6. The second kappa shape index (κ2) is 12.0. The maximum absolute atomic E-state index is 13.5. The first-order valence-corrected chi connectivity index (χ1v) is 10.6. The molecule has 2 aromatic carbocycles. The number of urea groups is 1. The number of hydrogen-bond donors (Lipinski definition) is 3. The topological polar surface area (TPSA) is 93.8 Å². The van der Waals surface area contributed by atoms with E-state index in [-0.39, 0.29) is 37.3 Å². The molecule has 0 aromatic heterocycles. The molecular formula is C23H29Cl2N5O3. The number of amides is 4. The number of carbonyl (C=O) groups is 3. The van der Waals surface area contributed by atoms with Crippen LogP contribution in [-0.4, -0.2) is 73.5 Å². The van der Waals surface area contributed by atoms with Gasteiger partial charge in [-0.2, -0.15) is 0 Å². The highest BCUT2D eigenvalue weighted by atomic mass is 35.5. The van der Waals surface area contributed by atoms with Crippen LogP contribution in [0.5, 0.6) is 0 Å². The molecule has 0 saturated carbocycles. The number of imide groups is 1. The van der Waals surface area contributed by atoms with E-state index in [1.807, 2.05) is 60.7 Å². The van der Waals surface area contributed by atoms with Crippen molar-refractivity contribution in [2.45, 2.75) is 5.54 Å². The zero-order chi connectivity index (χ0) is 21.7. The Kier molecular flexibility index (Phi) is 9.67. The summed E-state index contributed by atoms with van der Waals surface area (Å²) in [6, 6.07) is 17.7. The van der Waals surface area contributed by atoms with E-state index in [1.54, 1.807) is 0 Å². The maximum Gasteiger partial charge on any atom is 0.326 e.